The van der Waals surface area contributed by atoms with Crippen molar-refractivity contribution in [3.8, 4) is 0 Å². The second-order valence-corrected chi connectivity index (χ2v) is 6.17. The van der Waals surface area contributed by atoms with E-state index >= 15 is 0 Å². The van der Waals surface area contributed by atoms with E-state index in [4.69, 9.17) is 0 Å². The minimum atomic E-state index is -0.0944. The van der Waals surface area contributed by atoms with Gasteiger partial charge in [0.05, 0.1) is 11.4 Å². The van der Waals surface area contributed by atoms with Crippen LogP contribution in [0, 0.1) is 0 Å². The number of H-pyrrole nitrogens is 1. The van der Waals surface area contributed by atoms with Gasteiger partial charge in [-0.3, -0.25) is 19.4 Å². The van der Waals surface area contributed by atoms with Crippen LogP contribution in [0.2, 0.25) is 0 Å². The van der Waals surface area contributed by atoms with Gasteiger partial charge in [-0.15, -0.1) is 5.10 Å². The molecule has 0 aliphatic carbocycles. The Morgan fingerprint density at radius 1 is 1.43 bits per heavy atom. The first-order valence-electron chi connectivity index (χ1n) is 7.95. The first kappa shape index (κ1) is 15.7. The van der Waals surface area contributed by atoms with E-state index in [9.17, 15) is 4.79 Å². The van der Waals surface area contributed by atoms with Crippen LogP contribution in [0.4, 0.5) is 5.95 Å². The number of hydrogen-bond donors (Lipinski definition) is 1. The fourth-order valence-corrected chi connectivity index (χ4v) is 2.90. The summed E-state index contributed by atoms with van der Waals surface area (Å²) >= 11 is 0. The van der Waals surface area contributed by atoms with E-state index in [-0.39, 0.29) is 11.5 Å². The lowest BCUT2D eigenvalue weighted by atomic mass is 10.1. The van der Waals surface area contributed by atoms with Crippen molar-refractivity contribution < 1.29 is 0 Å². The van der Waals surface area contributed by atoms with Crippen LogP contribution in [-0.4, -0.2) is 57.0 Å². The Morgan fingerprint density at radius 3 is 2.96 bits per heavy atom. The molecule has 124 valence electrons. The predicted molar refractivity (Wildman–Crippen MR) is 87.5 cm³/mol. The molecule has 0 aromatic carbocycles. The van der Waals surface area contributed by atoms with E-state index in [1.165, 1.54) is 0 Å². The largest absolute Gasteiger partial charge is 0.348 e. The maximum absolute atomic E-state index is 11.8. The van der Waals surface area contributed by atoms with Crippen molar-refractivity contribution in [3.05, 3.63) is 34.0 Å². The lowest BCUT2D eigenvalue weighted by Crippen LogP contribution is -2.22. The van der Waals surface area contributed by atoms with E-state index in [0.717, 1.165) is 44.0 Å². The van der Waals surface area contributed by atoms with Crippen molar-refractivity contribution in [2.75, 3.05) is 32.1 Å². The minimum absolute atomic E-state index is 0.0944. The summed E-state index contributed by atoms with van der Waals surface area (Å²) in [6.07, 6.45) is 2.99. The van der Waals surface area contributed by atoms with Crippen molar-refractivity contribution in [1.29, 1.82) is 0 Å². The van der Waals surface area contributed by atoms with Crippen molar-refractivity contribution in [2.24, 2.45) is 0 Å². The molecule has 1 unspecified atom stereocenters. The lowest BCUT2D eigenvalue weighted by molar-refractivity contribution is 0.322. The molecule has 0 amide bonds. The van der Waals surface area contributed by atoms with Crippen molar-refractivity contribution in [2.45, 2.75) is 32.4 Å². The van der Waals surface area contributed by atoms with Crippen molar-refractivity contribution in [1.82, 2.24) is 29.9 Å². The summed E-state index contributed by atoms with van der Waals surface area (Å²) in [5.41, 5.74) is 1.76. The Morgan fingerprint density at radius 2 is 2.26 bits per heavy atom. The van der Waals surface area contributed by atoms with Gasteiger partial charge in [-0.1, -0.05) is 5.21 Å². The van der Waals surface area contributed by atoms with Crippen LogP contribution in [0.25, 0.3) is 0 Å². The van der Waals surface area contributed by atoms with Gasteiger partial charge in [-0.25, -0.2) is 4.98 Å². The molecule has 2 aromatic rings. The maximum Gasteiger partial charge on any atom is 0.252 e. The number of anilines is 1. The zero-order chi connectivity index (χ0) is 16.4. The Labute approximate surface area is 135 Å². The highest BCUT2D eigenvalue weighted by molar-refractivity contribution is 5.28. The Hall–Kier alpha value is -2.22. The predicted octanol–water partition coefficient (Wildman–Crippen LogP) is 0.437. The summed E-state index contributed by atoms with van der Waals surface area (Å²) in [6.45, 7) is 5.54. The number of aryl methyl sites for hydroxylation is 1. The maximum atomic E-state index is 11.8. The number of rotatable bonds is 5. The summed E-state index contributed by atoms with van der Waals surface area (Å²) in [5, 5.41) is 8.27. The zero-order valence-corrected chi connectivity index (χ0v) is 13.9. The molecule has 1 aliphatic rings. The number of nitrogens with one attached hydrogen (secondary N) is 1. The molecular weight excluding hydrogens is 294 g/mol. The third-order valence-corrected chi connectivity index (χ3v) is 4.16. The van der Waals surface area contributed by atoms with Gasteiger partial charge in [0, 0.05) is 51.9 Å². The summed E-state index contributed by atoms with van der Waals surface area (Å²) in [7, 11) is 3.75. The summed E-state index contributed by atoms with van der Waals surface area (Å²) < 4.78 is 1.84. The standard InChI is InChI=1S/C15H23N7O/c1-4-22-10-12(18-19-22)9-21-6-5-11(8-21)13-7-14(23)17-15(16-13)20(2)3/h7,10-11H,4-6,8-9H2,1-3H3,(H,16,17,23). The highest BCUT2D eigenvalue weighted by Crippen LogP contribution is 2.26. The average Bonchev–Trinajstić information content (AvgIpc) is 3.16. The quantitative estimate of drug-likeness (QED) is 0.861. The fraction of sp³-hybridized carbons (Fsp3) is 0.600. The molecule has 3 heterocycles. The molecule has 1 atom stereocenters. The molecule has 0 spiro atoms. The number of aromatic nitrogens is 5. The molecule has 1 N–H and O–H groups in total. The Kier molecular flexibility index (Phi) is 4.42. The molecular formula is C15H23N7O. The van der Waals surface area contributed by atoms with E-state index in [0.29, 0.717) is 5.95 Å². The molecule has 8 heteroatoms. The number of aromatic amines is 1. The third kappa shape index (κ3) is 3.58. The van der Waals surface area contributed by atoms with Crippen molar-refractivity contribution in [3.63, 3.8) is 0 Å². The van der Waals surface area contributed by atoms with Crippen LogP contribution in [0.5, 0.6) is 0 Å². The molecule has 2 aromatic heterocycles. The second kappa shape index (κ2) is 6.49. The molecule has 3 rings (SSSR count). The van der Waals surface area contributed by atoms with Gasteiger partial charge in [-0.2, -0.15) is 0 Å². The lowest BCUT2D eigenvalue weighted by Gasteiger charge is -2.16. The summed E-state index contributed by atoms with van der Waals surface area (Å²) in [4.78, 5) is 23.3. The van der Waals surface area contributed by atoms with Gasteiger partial charge >= 0.3 is 0 Å². The molecule has 0 bridgehead atoms. The molecule has 1 fully saturated rings. The van der Waals surface area contributed by atoms with E-state index in [1.807, 2.05) is 36.8 Å². The highest BCUT2D eigenvalue weighted by atomic mass is 16.1. The van der Waals surface area contributed by atoms with Crippen LogP contribution in [0.3, 0.4) is 0 Å². The van der Waals surface area contributed by atoms with Gasteiger partial charge < -0.3 is 4.90 Å². The van der Waals surface area contributed by atoms with Crippen LogP contribution < -0.4 is 10.5 Å². The average molecular weight is 317 g/mol. The van der Waals surface area contributed by atoms with Gasteiger partial charge in [0.1, 0.15) is 0 Å². The van der Waals surface area contributed by atoms with Crippen molar-refractivity contribution >= 4 is 5.95 Å². The highest BCUT2D eigenvalue weighted by Gasteiger charge is 2.26. The van der Waals surface area contributed by atoms with E-state index < -0.39 is 0 Å². The topological polar surface area (TPSA) is 82.9 Å². The molecule has 8 nitrogen and oxygen atoms in total. The van der Waals surface area contributed by atoms with Gasteiger partial charge in [0.15, 0.2) is 0 Å². The SMILES string of the molecule is CCn1cc(CN2CCC(c3cc(=O)[nH]c(N(C)C)n3)C2)nn1. The molecule has 1 saturated heterocycles. The number of nitrogens with zero attached hydrogens (tertiary/aromatic N) is 6. The van der Waals surface area contributed by atoms with Gasteiger partial charge in [0.2, 0.25) is 5.95 Å². The van der Waals surface area contributed by atoms with Crippen LogP contribution in [-0.2, 0) is 13.1 Å². The summed E-state index contributed by atoms with van der Waals surface area (Å²) in [6, 6.07) is 1.62. The molecule has 0 radical (unpaired) electrons. The first-order valence-corrected chi connectivity index (χ1v) is 7.95. The zero-order valence-electron chi connectivity index (χ0n) is 13.9. The second-order valence-electron chi connectivity index (χ2n) is 6.17. The smallest absolute Gasteiger partial charge is 0.252 e. The molecule has 0 saturated carbocycles. The van der Waals surface area contributed by atoms with Gasteiger partial charge in [-0.05, 0) is 19.9 Å². The Bertz CT molecular complexity index is 721. The normalized spacial score (nSPS) is 18.5. The molecule has 1 aliphatic heterocycles. The van der Waals surface area contributed by atoms with Crippen LogP contribution >= 0.6 is 0 Å². The third-order valence-electron chi connectivity index (χ3n) is 4.16. The summed E-state index contributed by atoms with van der Waals surface area (Å²) in [5.74, 6) is 0.897. The van der Waals surface area contributed by atoms with E-state index in [1.54, 1.807) is 6.07 Å². The first-order chi connectivity index (χ1) is 11.0. The fourth-order valence-electron chi connectivity index (χ4n) is 2.90. The Balaban J connectivity index is 1.68. The molecule has 23 heavy (non-hydrogen) atoms. The number of likely N-dealkylation sites (tertiary alicyclic amines) is 1. The van der Waals surface area contributed by atoms with Crippen LogP contribution in [0.15, 0.2) is 17.1 Å². The van der Waals surface area contributed by atoms with Crippen LogP contribution in [0.1, 0.15) is 30.7 Å². The minimum Gasteiger partial charge on any atom is -0.348 e. The van der Waals surface area contributed by atoms with Gasteiger partial charge in [0.25, 0.3) is 5.56 Å². The van der Waals surface area contributed by atoms with E-state index in [2.05, 4.69) is 25.2 Å². The monoisotopic (exact) mass is 317 g/mol. The number of hydrogen-bond acceptors (Lipinski definition) is 6.